The summed E-state index contributed by atoms with van der Waals surface area (Å²) >= 11 is 9.44. The molecule has 0 atom stereocenters. The van der Waals surface area contributed by atoms with E-state index in [1.54, 1.807) is 0 Å². The maximum absolute atomic E-state index is 6.07. The van der Waals surface area contributed by atoms with Crippen LogP contribution in [0, 0.1) is 0 Å². The van der Waals surface area contributed by atoms with Crippen LogP contribution in [0.4, 0.5) is 5.69 Å². The van der Waals surface area contributed by atoms with E-state index in [1.165, 1.54) is 0 Å². The molecule has 2 aromatic carbocycles. The van der Waals surface area contributed by atoms with Crippen LogP contribution in [0.5, 0.6) is 11.5 Å². The van der Waals surface area contributed by atoms with Gasteiger partial charge in [-0.2, -0.15) is 0 Å². The van der Waals surface area contributed by atoms with Gasteiger partial charge in [0, 0.05) is 16.7 Å². The van der Waals surface area contributed by atoms with Gasteiger partial charge in [-0.1, -0.05) is 17.7 Å². The molecule has 20 heavy (non-hydrogen) atoms. The smallest absolute Gasteiger partial charge is 0.161 e. The minimum atomic E-state index is 0.603. The Kier molecular flexibility index (Phi) is 4.03. The minimum Gasteiger partial charge on any atom is -0.486 e. The molecule has 0 radical (unpaired) electrons. The summed E-state index contributed by atoms with van der Waals surface area (Å²) in [7, 11) is 0. The summed E-state index contributed by atoms with van der Waals surface area (Å²) in [6.07, 6.45) is 0. The Labute approximate surface area is 131 Å². The largest absolute Gasteiger partial charge is 0.486 e. The second-order valence-corrected chi connectivity index (χ2v) is 5.72. The van der Waals surface area contributed by atoms with Crippen molar-refractivity contribution in [1.82, 2.24) is 0 Å². The van der Waals surface area contributed by atoms with Gasteiger partial charge in [0.05, 0.1) is 5.02 Å². The van der Waals surface area contributed by atoms with Crippen molar-refractivity contribution in [3.05, 3.63) is 51.5 Å². The number of benzene rings is 2. The van der Waals surface area contributed by atoms with Gasteiger partial charge in [0.2, 0.25) is 0 Å². The molecule has 0 unspecified atom stereocenters. The van der Waals surface area contributed by atoms with E-state index in [4.69, 9.17) is 21.1 Å². The van der Waals surface area contributed by atoms with Crippen molar-refractivity contribution < 1.29 is 9.47 Å². The molecule has 0 aromatic heterocycles. The van der Waals surface area contributed by atoms with Gasteiger partial charge in [-0.25, -0.2) is 0 Å². The molecular formula is C15H13BrClNO2. The average molecular weight is 355 g/mol. The van der Waals surface area contributed by atoms with E-state index in [-0.39, 0.29) is 0 Å². The van der Waals surface area contributed by atoms with Crippen LogP contribution in [0.1, 0.15) is 5.56 Å². The van der Waals surface area contributed by atoms with Crippen LogP contribution in [-0.2, 0) is 6.54 Å². The third-order valence-electron chi connectivity index (χ3n) is 3.02. The van der Waals surface area contributed by atoms with Gasteiger partial charge < -0.3 is 14.8 Å². The van der Waals surface area contributed by atoms with Crippen molar-refractivity contribution in [2.24, 2.45) is 0 Å². The standard InChI is InChI=1S/C15H13BrClNO2/c16-12-3-2-11(8-13(12)17)18-9-10-1-4-14-15(7-10)20-6-5-19-14/h1-4,7-8,18H,5-6,9H2. The first kappa shape index (κ1) is 13.6. The summed E-state index contributed by atoms with van der Waals surface area (Å²) in [5, 5.41) is 4.03. The number of hydrogen-bond acceptors (Lipinski definition) is 3. The van der Waals surface area contributed by atoms with Crippen molar-refractivity contribution in [3.63, 3.8) is 0 Å². The van der Waals surface area contributed by atoms with Crippen molar-refractivity contribution in [2.45, 2.75) is 6.54 Å². The molecule has 1 aliphatic heterocycles. The Balaban J connectivity index is 1.70. The van der Waals surface area contributed by atoms with Gasteiger partial charge in [-0.05, 0) is 51.8 Å². The molecule has 0 aliphatic carbocycles. The first-order chi connectivity index (χ1) is 9.72. The molecule has 0 saturated carbocycles. The molecule has 0 bridgehead atoms. The minimum absolute atomic E-state index is 0.603. The van der Waals surface area contributed by atoms with Crippen LogP contribution < -0.4 is 14.8 Å². The Bertz CT molecular complexity index is 633. The first-order valence-electron chi connectivity index (χ1n) is 6.30. The highest BCUT2D eigenvalue weighted by atomic mass is 79.9. The molecule has 1 heterocycles. The maximum Gasteiger partial charge on any atom is 0.161 e. The third kappa shape index (κ3) is 3.02. The topological polar surface area (TPSA) is 30.5 Å². The molecule has 1 N–H and O–H groups in total. The number of fused-ring (bicyclic) bond motifs is 1. The predicted molar refractivity (Wildman–Crippen MR) is 83.9 cm³/mol. The SMILES string of the molecule is Clc1cc(NCc2ccc3c(c2)OCCO3)ccc1Br. The van der Waals surface area contributed by atoms with Crippen LogP contribution in [0.15, 0.2) is 40.9 Å². The Hall–Kier alpha value is -1.39. The Morgan fingerprint density at radius 2 is 1.85 bits per heavy atom. The fourth-order valence-electron chi connectivity index (χ4n) is 2.01. The van der Waals surface area contributed by atoms with Crippen molar-refractivity contribution in [3.8, 4) is 11.5 Å². The number of anilines is 1. The molecule has 0 amide bonds. The lowest BCUT2D eigenvalue weighted by Gasteiger charge is -2.19. The van der Waals surface area contributed by atoms with E-state index >= 15 is 0 Å². The summed E-state index contributed by atoms with van der Waals surface area (Å²) in [4.78, 5) is 0. The molecular weight excluding hydrogens is 342 g/mol. The van der Waals surface area contributed by atoms with Crippen LogP contribution in [0.25, 0.3) is 0 Å². The fraction of sp³-hybridized carbons (Fsp3) is 0.200. The molecule has 2 aromatic rings. The van der Waals surface area contributed by atoms with E-state index < -0.39 is 0 Å². The highest BCUT2D eigenvalue weighted by molar-refractivity contribution is 9.10. The molecule has 1 aliphatic rings. The lowest BCUT2D eigenvalue weighted by molar-refractivity contribution is 0.171. The molecule has 104 valence electrons. The fourth-order valence-corrected chi connectivity index (χ4v) is 2.44. The van der Waals surface area contributed by atoms with Crippen molar-refractivity contribution >= 4 is 33.2 Å². The second-order valence-electron chi connectivity index (χ2n) is 4.46. The summed E-state index contributed by atoms with van der Waals surface area (Å²) in [5.74, 6) is 1.62. The average Bonchev–Trinajstić information content (AvgIpc) is 2.48. The van der Waals surface area contributed by atoms with Crippen LogP contribution in [0.2, 0.25) is 5.02 Å². The van der Waals surface area contributed by atoms with E-state index in [0.717, 1.165) is 27.2 Å². The summed E-state index contributed by atoms with van der Waals surface area (Å²) in [5.41, 5.74) is 2.11. The van der Waals surface area contributed by atoms with Gasteiger partial charge in [0.1, 0.15) is 13.2 Å². The molecule has 0 spiro atoms. The van der Waals surface area contributed by atoms with E-state index in [1.807, 2.05) is 36.4 Å². The molecule has 3 rings (SSSR count). The first-order valence-corrected chi connectivity index (χ1v) is 7.47. The second kappa shape index (κ2) is 5.94. The summed E-state index contributed by atoms with van der Waals surface area (Å²) < 4.78 is 12.0. The quantitative estimate of drug-likeness (QED) is 0.881. The highest BCUT2D eigenvalue weighted by Gasteiger charge is 2.11. The van der Waals surface area contributed by atoms with Gasteiger partial charge in [-0.15, -0.1) is 0 Å². The molecule has 5 heteroatoms. The molecule has 0 fully saturated rings. The van der Waals surface area contributed by atoms with E-state index in [0.29, 0.717) is 24.8 Å². The van der Waals surface area contributed by atoms with E-state index in [2.05, 4.69) is 21.2 Å². The maximum atomic E-state index is 6.07. The number of ether oxygens (including phenoxy) is 2. The van der Waals surface area contributed by atoms with Gasteiger partial charge in [-0.3, -0.25) is 0 Å². The lowest BCUT2D eigenvalue weighted by atomic mass is 10.2. The lowest BCUT2D eigenvalue weighted by Crippen LogP contribution is -2.15. The monoisotopic (exact) mass is 353 g/mol. The van der Waals surface area contributed by atoms with Gasteiger partial charge in [0.15, 0.2) is 11.5 Å². The number of hydrogen-bond donors (Lipinski definition) is 1. The molecule has 3 nitrogen and oxygen atoms in total. The van der Waals surface area contributed by atoms with Gasteiger partial charge in [0.25, 0.3) is 0 Å². The molecule has 0 saturated heterocycles. The van der Waals surface area contributed by atoms with Crippen molar-refractivity contribution in [2.75, 3.05) is 18.5 Å². The predicted octanol–water partition coefficient (Wildman–Crippen LogP) is 4.49. The number of rotatable bonds is 3. The van der Waals surface area contributed by atoms with E-state index in [9.17, 15) is 0 Å². The van der Waals surface area contributed by atoms with Crippen LogP contribution in [0.3, 0.4) is 0 Å². The zero-order valence-corrected chi connectivity index (χ0v) is 13.0. The number of halogens is 2. The Morgan fingerprint density at radius 3 is 2.65 bits per heavy atom. The zero-order valence-electron chi connectivity index (χ0n) is 10.7. The third-order valence-corrected chi connectivity index (χ3v) is 4.26. The van der Waals surface area contributed by atoms with Crippen LogP contribution >= 0.6 is 27.5 Å². The van der Waals surface area contributed by atoms with Crippen LogP contribution in [-0.4, -0.2) is 13.2 Å². The van der Waals surface area contributed by atoms with Gasteiger partial charge >= 0.3 is 0 Å². The Morgan fingerprint density at radius 1 is 1.05 bits per heavy atom. The normalized spacial score (nSPS) is 13.1. The summed E-state index contributed by atoms with van der Waals surface area (Å²) in [6, 6.07) is 11.8. The zero-order chi connectivity index (χ0) is 13.9. The van der Waals surface area contributed by atoms with Crippen molar-refractivity contribution in [1.29, 1.82) is 0 Å². The summed E-state index contributed by atoms with van der Waals surface area (Å²) in [6.45, 7) is 1.92. The highest BCUT2D eigenvalue weighted by Crippen LogP contribution is 2.31. The number of nitrogens with one attached hydrogen (secondary N) is 1.